The van der Waals surface area contributed by atoms with Gasteiger partial charge in [-0.2, -0.15) is 0 Å². The maximum absolute atomic E-state index is 13.4. The largest absolute Gasteiger partial charge is 0.342 e. The first-order valence-electron chi connectivity index (χ1n) is 10.3. The highest BCUT2D eigenvalue weighted by Crippen LogP contribution is 2.32. The van der Waals surface area contributed by atoms with E-state index in [0.717, 1.165) is 25.0 Å². The Morgan fingerprint density at radius 2 is 1.21 bits per heavy atom. The molecule has 1 aromatic carbocycles. The predicted octanol–water partition coefficient (Wildman–Crippen LogP) is 1.90. The number of hydrogen-bond donors (Lipinski definition) is 0. The quantitative estimate of drug-likeness (QED) is 0.772. The molecule has 3 aliphatic rings. The number of piperazine rings is 1. The van der Waals surface area contributed by atoms with Crippen LogP contribution in [0.15, 0.2) is 18.2 Å². The van der Waals surface area contributed by atoms with Gasteiger partial charge in [-0.15, -0.1) is 0 Å². The molecular formula is C21H25F2N3O3. The Morgan fingerprint density at radius 1 is 0.690 bits per heavy atom. The van der Waals surface area contributed by atoms with Gasteiger partial charge in [0.25, 0.3) is 5.91 Å². The van der Waals surface area contributed by atoms with Crippen molar-refractivity contribution in [3.8, 4) is 0 Å². The zero-order valence-electron chi connectivity index (χ0n) is 16.3. The molecule has 1 saturated carbocycles. The predicted molar refractivity (Wildman–Crippen MR) is 101 cm³/mol. The SMILES string of the molecule is O=C(c1ccc(F)c(F)c1)N1CCN(C(=O)C2CCN(C(=O)C3CC3)CC2)CC1. The number of piperidine rings is 1. The number of amides is 3. The summed E-state index contributed by atoms with van der Waals surface area (Å²) in [6.45, 7) is 2.86. The maximum atomic E-state index is 13.4. The van der Waals surface area contributed by atoms with E-state index < -0.39 is 11.6 Å². The first-order chi connectivity index (χ1) is 13.9. The second-order valence-electron chi connectivity index (χ2n) is 8.12. The Balaban J connectivity index is 1.27. The van der Waals surface area contributed by atoms with E-state index in [2.05, 4.69) is 0 Å². The molecule has 6 nitrogen and oxygen atoms in total. The number of nitrogens with zero attached hydrogens (tertiary/aromatic N) is 3. The number of halogens is 2. The van der Waals surface area contributed by atoms with Crippen molar-refractivity contribution < 1.29 is 23.2 Å². The second kappa shape index (κ2) is 8.08. The van der Waals surface area contributed by atoms with E-state index in [1.54, 1.807) is 9.80 Å². The van der Waals surface area contributed by atoms with Crippen LogP contribution in [0.1, 0.15) is 36.0 Å². The van der Waals surface area contributed by atoms with E-state index in [1.807, 2.05) is 4.90 Å². The van der Waals surface area contributed by atoms with Crippen LogP contribution in [0.3, 0.4) is 0 Å². The highest BCUT2D eigenvalue weighted by atomic mass is 19.2. The van der Waals surface area contributed by atoms with Gasteiger partial charge in [-0.05, 0) is 43.9 Å². The van der Waals surface area contributed by atoms with Gasteiger partial charge >= 0.3 is 0 Å². The zero-order valence-corrected chi connectivity index (χ0v) is 16.3. The minimum Gasteiger partial charge on any atom is -0.342 e. The molecule has 3 amide bonds. The molecule has 0 radical (unpaired) electrons. The van der Waals surface area contributed by atoms with Crippen LogP contribution in [0.2, 0.25) is 0 Å². The van der Waals surface area contributed by atoms with E-state index in [1.165, 1.54) is 6.07 Å². The number of benzene rings is 1. The summed E-state index contributed by atoms with van der Waals surface area (Å²) >= 11 is 0. The highest BCUT2D eigenvalue weighted by Gasteiger charge is 2.37. The van der Waals surface area contributed by atoms with Crippen molar-refractivity contribution in [1.29, 1.82) is 0 Å². The van der Waals surface area contributed by atoms with Gasteiger partial charge in [0.05, 0.1) is 0 Å². The third-order valence-electron chi connectivity index (χ3n) is 6.13. The summed E-state index contributed by atoms with van der Waals surface area (Å²) in [5.74, 6) is -1.93. The van der Waals surface area contributed by atoms with E-state index in [9.17, 15) is 23.2 Å². The van der Waals surface area contributed by atoms with Crippen molar-refractivity contribution in [2.45, 2.75) is 25.7 Å². The third kappa shape index (κ3) is 4.26. The summed E-state index contributed by atoms with van der Waals surface area (Å²) in [6.07, 6.45) is 3.35. The molecule has 0 aromatic heterocycles. The lowest BCUT2D eigenvalue weighted by Gasteiger charge is -2.38. The number of carbonyl (C=O) groups is 3. The minimum absolute atomic E-state index is 0.0771. The summed E-state index contributed by atoms with van der Waals surface area (Å²) in [6, 6.07) is 3.13. The lowest BCUT2D eigenvalue weighted by molar-refractivity contribution is -0.142. The Kier molecular flexibility index (Phi) is 5.52. The van der Waals surface area contributed by atoms with Crippen LogP contribution in [0, 0.1) is 23.5 Å². The highest BCUT2D eigenvalue weighted by molar-refractivity contribution is 5.94. The lowest BCUT2D eigenvalue weighted by Crippen LogP contribution is -2.53. The van der Waals surface area contributed by atoms with Gasteiger partial charge in [0.2, 0.25) is 11.8 Å². The van der Waals surface area contributed by atoms with Crippen molar-refractivity contribution in [1.82, 2.24) is 14.7 Å². The van der Waals surface area contributed by atoms with Crippen molar-refractivity contribution in [2.24, 2.45) is 11.8 Å². The molecule has 1 aliphatic carbocycles. The van der Waals surface area contributed by atoms with Crippen LogP contribution >= 0.6 is 0 Å². The maximum Gasteiger partial charge on any atom is 0.254 e. The van der Waals surface area contributed by atoms with Crippen LogP contribution in [-0.4, -0.2) is 71.7 Å². The average molecular weight is 405 g/mol. The monoisotopic (exact) mass is 405 g/mol. The van der Waals surface area contributed by atoms with Gasteiger partial charge in [-0.3, -0.25) is 14.4 Å². The summed E-state index contributed by atoms with van der Waals surface area (Å²) < 4.78 is 26.4. The van der Waals surface area contributed by atoms with Crippen LogP contribution < -0.4 is 0 Å². The fourth-order valence-electron chi connectivity index (χ4n) is 4.14. The molecule has 1 aromatic rings. The molecule has 0 N–H and O–H groups in total. The molecule has 3 fully saturated rings. The van der Waals surface area contributed by atoms with Crippen LogP contribution in [0.4, 0.5) is 8.78 Å². The lowest BCUT2D eigenvalue weighted by atomic mass is 9.94. The van der Waals surface area contributed by atoms with Crippen molar-refractivity contribution in [3.63, 3.8) is 0 Å². The molecule has 0 spiro atoms. The number of likely N-dealkylation sites (tertiary alicyclic amines) is 1. The zero-order chi connectivity index (χ0) is 20.5. The Morgan fingerprint density at radius 3 is 1.76 bits per heavy atom. The fraction of sp³-hybridized carbons (Fsp3) is 0.571. The summed E-state index contributed by atoms with van der Waals surface area (Å²) in [7, 11) is 0. The third-order valence-corrected chi connectivity index (χ3v) is 6.13. The van der Waals surface area contributed by atoms with Crippen molar-refractivity contribution in [3.05, 3.63) is 35.4 Å². The molecule has 0 bridgehead atoms. The molecule has 0 unspecified atom stereocenters. The average Bonchev–Trinajstić information content (AvgIpc) is 3.60. The number of rotatable bonds is 3. The summed E-state index contributed by atoms with van der Waals surface area (Å²) in [5.41, 5.74) is 0.108. The number of hydrogen-bond acceptors (Lipinski definition) is 3. The molecule has 0 atom stereocenters. The summed E-state index contributed by atoms with van der Waals surface area (Å²) in [5, 5.41) is 0. The van der Waals surface area contributed by atoms with E-state index in [0.29, 0.717) is 52.1 Å². The number of carbonyl (C=O) groups excluding carboxylic acids is 3. The van der Waals surface area contributed by atoms with Gasteiger partial charge in [0.1, 0.15) is 0 Å². The first-order valence-corrected chi connectivity index (χ1v) is 10.3. The van der Waals surface area contributed by atoms with E-state index >= 15 is 0 Å². The van der Waals surface area contributed by atoms with Gasteiger partial charge in [-0.25, -0.2) is 8.78 Å². The van der Waals surface area contributed by atoms with Gasteiger partial charge in [0.15, 0.2) is 11.6 Å². The molecule has 156 valence electrons. The Labute approximate surface area is 168 Å². The standard InChI is InChI=1S/C21H25F2N3O3/c22-17-4-3-16(13-18(17)23)21(29)26-11-9-25(10-12-26)20(28)15-5-7-24(8-6-15)19(27)14-1-2-14/h3-4,13-15H,1-2,5-12H2. The second-order valence-corrected chi connectivity index (χ2v) is 8.12. The van der Waals surface area contributed by atoms with E-state index in [4.69, 9.17) is 0 Å². The normalized spacial score (nSPS) is 20.7. The molecular weight excluding hydrogens is 380 g/mol. The smallest absolute Gasteiger partial charge is 0.254 e. The van der Waals surface area contributed by atoms with Crippen molar-refractivity contribution in [2.75, 3.05) is 39.3 Å². The molecule has 8 heteroatoms. The van der Waals surface area contributed by atoms with Gasteiger partial charge in [0, 0.05) is 56.7 Å². The van der Waals surface area contributed by atoms with Crippen molar-refractivity contribution >= 4 is 17.7 Å². The van der Waals surface area contributed by atoms with Crippen LogP contribution in [-0.2, 0) is 9.59 Å². The fourth-order valence-corrected chi connectivity index (χ4v) is 4.14. The van der Waals surface area contributed by atoms with Crippen LogP contribution in [0.5, 0.6) is 0 Å². The van der Waals surface area contributed by atoms with E-state index in [-0.39, 0.29) is 35.1 Å². The molecule has 2 aliphatic heterocycles. The molecule has 2 heterocycles. The molecule has 4 rings (SSSR count). The molecule has 29 heavy (non-hydrogen) atoms. The summed E-state index contributed by atoms with van der Waals surface area (Å²) in [4.78, 5) is 42.7. The van der Waals surface area contributed by atoms with Gasteiger partial charge in [-0.1, -0.05) is 0 Å². The topological polar surface area (TPSA) is 60.9 Å². The van der Waals surface area contributed by atoms with Crippen LogP contribution in [0.25, 0.3) is 0 Å². The first kappa shape index (κ1) is 19.8. The van der Waals surface area contributed by atoms with Gasteiger partial charge < -0.3 is 14.7 Å². The Hall–Kier alpha value is -2.51. The minimum atomic E-state index is -1.05. The Bertz CT molecular complexity index is 811. The molecule has 2 saturated heterocycles.